The third-order valence-electron chi connectivity index (χ3n) is 2.89. The minimum atomic E-state index is -0.186. The number of hydrogen-bond donors (Lipinski definition) is 1. The second kappa shape index (κ2) is 3.35. The van der Waals surface area contributed by atoms with Gasteiger partial charge >= 0.3 is 0 Å². The highest BCUT2D eigenvalue weighted by Crippen LogP contribution is 2.28. The topological polar surface area (TPSA) is 35.2 Å². The third-order valence-corrected chi connectivity index (χ3v) is 2.89. The molecule has 1 aliphatic heterocycles. The van der Waals surface area contributed by atoms with Crippen LogP contribution in [0.1, 0.15) is 40.5 Å². The fourth-order valence-electron chi connectivity index (χ4n) is 1.66. The fraction of sp³-hybridized carbons (Fsp3) is 1.00. The van der Waals surface area contributed by atoms with E-state index in [1.807, 2.05) is 13.8 Å². The molecule has 0 saturated carbocycles. The van der Waals surface area contributed by atoms with Crippen molar-refractivity contribution in [1.29, 1.82) is 0 Å². The lowest BCUT2D eigenvalue weighted by Crippen LogP contribution is -2.50. The summed E-state index contributed by atoms with van der Waals surface area (Å²) in [5.74, 6) is 0.684. The standard InChI is InChI=1S/C10H21NO/c1-7-5-6-9(10(3,4)11)12-8(7)2/h7-9H,5-6,11H2,1-4H3/t7-,8-,9?/m1/s1. The largest absolute Gasteiger partial charge is 0.373 e. The molecule has 0 radical (unpaired) electrons. The molecule has 2 N–H and O–H groups in total. The zero-order valence-corrected chi connectivity index (χ0v) is 8.63. The summed E-state index contributed by atoms with van der Waals surface area (Å²) in [4.78, 5) is 0. The van der Waals surface area contributed by atoms with Crippen molar-refractivity contribution in [2.45, 2.75) is 58.3 Å². The molecule has 2 nitrogen and oxygen atoms in total. The van der Waals surface area contributed by atoms with E-state index in [2.05, 4.69) is 13.8 Å². The highest BCUT2D eigenvalue weighted by Gasteiger charge is 2.33. The summed E-state index contributed by atoms with van der Waals surface area (Å²) >= 11 is 0. The third kappa shape index (κ3) is 2.20. The van der Waals surface area contributed by atoms with Crippen molar-refractivity contribution in [1.82, 2.24) is 0 Å². The predicted octanol–water partition coefficient (Wildman–Crippen LogP) is 1.93. The molecule has 0 spiro atoms. The Bertz CT molecular complexity index is 150. The molecule has 1 unspecified atom stereocenters. The quantitative estimate of drug-likeness (QED) is 0.654. The number of hydrogen-bond acceptors (Lipinski definition) is 2. The molecule has 2 heteroatoms. The van der Waals surface area contributed by atoms with Crippen molar-refractivity contribution in [3.63, 3.8) is 0 Å². The van der Waals surface area contributed by atoms with Gasteiger partial charge in [-0.15, -0.1) is 0 Å². The van der Waals surface area contributed by atoms with E-state index in [0.717, 1.165) is 6.42 Å². The zero-order valence-electron chi connectivity index (χ0n) is 8.63. The molecule has 1 saturated heterocycles. The van der Waals surface area contributed by atoms with Gasteiger partial charge in [0, 0.05) is 5.54 Å². The summed E-state index contributed by atoms with van der Waals surface area (Å²) in [6.07, 6.45) is 2.96. The number of ether oxygens (including phenoxy) is 1. The van der Waals surface area contributed by atoms with E-state index in [4.69, 9.17) is 10.5 Å². The van der Waals surface area contributed by atoms with E-state index >= 15 is 0 Å². The summed E-state index contributed by atoms with van der Waals surface area (Å²) in [7, 11) is 0. The molecule has 0 aromatic rings. The Morgan fingerprint density at radius 3 is 2.25 bits per heavy atom. The Kier molecular flexibility index (Phi) is 2.79. The van der Waals surface area contributed by atoms with E-state index in [-0.39, 0.29) is 11.6 Å². The molecule has 72 valence electrons. The van der Waals surface area contributed by atoms with Gasteiger partial charge in [-0.05, 0) is 39.5 Å². The van der Waals surface area contributed by atoms with Gasteiger partial charge in [-0.1, -0.05) is 6.92 Å². The van der Waals surface area contributed by atoms with Crippen molar-refractivity contribution in [2.24, 2.45) is 11.7 Å². The minimum absolute atomic E-state index is 0.186. The monoisotopic (exact) mass is 171 g/mol. The maximum Gasteiger partial charge on any atom is 0.0752 e. The lowest BCUT2D eigenvalue weighted by Gasteiger charge is -2.39. The Morgan fingerprint density at radius 2 is 1.83 bits per heavy atom. The molecule has 1 rings (SSSR count). The second-order valence-corrected chi connectivity index (χ2v) is 4.71. The van der Waals surface area contributed by atoms with Crippen LogP contribution in [-0.2, 0) is 4.74 Å². The molecule has 1 aliphatic rings. The molecule has 0 bridgehead atoms. The predicted molar refractivity (Wildman–Crippen MR) is 51.0 cm³/mol. The van der Waals surface area contributed by atoms with Gasteiger partial charge < -0.3 is 10.5 Å². The lowest BCUT2D eigenvalue weighted by molar-refractivity contribution is -0.0947. The average Bonchev–Trinajstić information content (AvgIpc) is 1.92. The molecule has 12 heavy (non-hydrogen) atoms. The summed E-state index contributed by atoms with van der Waals surface area (Å²) in [6, 6.07) is 0. The van der Waals surface area contributed by atoms with Gasteiger partial charge in [-0.25, -0.2) is 0 Å². The Morgan fingerprint density at radius 1 is 1.25 bits per heavy atom. The maximum absolute atomic E-state index is 5.99. The summed E-state index contributed by atoms with van der Waals surface area (Å²) in [6.45, 7) is 8.47. The van der Waals surface area contributed by atoms with Crippen LogP contribution in [0.25, 0.3) is 0 Å². The van der Waals surface area contributed by atoms with Gasteiger partial charge in [0.05, 0.1) is 12.2 Å². The summed E-state index contributed by atoms with van der Waals surface area (Å²) in [5.41, 5.74) is 5.81. The molecular formula is C10H21NO. The van der Waals surface area contributed by atoms with Gasteiger partial charge in [0.1, 0.15) is 0 Å². The second-order valence-electron chi connectivity index (χ2n) is 4.71. The molecule has 1 heterocycles. The van der Waals surface area contributed by atoms with Crippen LogP contribution in [0.5, 0.6) is 0 Å². The van der Waals surface area contributed by atoms with E-state index in [1.165, 1.54) is 6.42 Å². The first kappa shape index (κ1) is 10.0. The smallest absolute Gasteiger partial charge is 0.0752 e. The van der Waals surface area contributed by atoms with Crippen LogP contribution in [0.4, 0.5) is 0 Å². The Balaban J connectivity index is 2.51. The number of rotatable bonds is 1. The van der Waals surface area contributed by atoms with Crippen LogP contribution in [0.3, 0.4) is 0 Å². The molecule has 3 atom stereocenters. The summed E-state index contributed by atoms with van der Waals surface area (Å²) < 4.78 is 5.84. The van der Waals surface area contributed by atoms with E-state index in [1.54, 1.807) is 0 Å². The van der Waals surface area contributed by atoms with Crippen LogP contribution >= 0.6 is 0 Å². The first-order chi connectivity index (χ1) is 5.41. The highest BCUT2D eigenvalue weighted by molar-refractivity contribution is 4.87. The highest BCUT2D eigenvalue weighted by atomic mass is 16.5. The van der Waals surface area contributed by atoms with E-state index in [0.29, 0.717) is 12.0 Å². The minimum Gasteiger partial charge on any atom is -0.373 e. The number of nitrogens with two attached hydrogens (primary N) is 1. The van der Waals surface area contributed by atoms with Gasteiger partial charge in [0.25, 0.3) is 0 Å². The molecule has 0 amide bonds. The lowest BCUT2D eigenvalue weighted by atomic mass is 9.87. The van der Waals surface area contributed by atoms with Crippen molar-refractivity contribution in [3.05, 3.63) is 0 Å². The Labute approximate surface area is 75.5 Å². The Hall–Kier alpha value is -0.0800. The van der Waals surface area contributed by atoms with Crippen molar-refractivity contribution < 1.29 is 4.74 Å². The molecule has 0 aromatic carbocycles. The first-order valence-electron chi connectivity index (χ1n) is 4.85. The van der Waals surface area contributed by atoms with Crippen molar-refractivity contribution in [3.8, 4) is 0 Å². The van der Waals surface area contributed by atoms with Crippen molar-refractivity contribution >= 4 is 0 Å². The van der Waals surface area contributed by atoms with E-state index in [9.17, 15) is 0 Å². The van der Waals surface area contributed by atoms with Gasteiger partial charge in [0.15, 0.2) is 0 Å². The van der Waals surface area contributed by atoms with Crippen LogP contribution in [-0.4, -0.2) is 17.7 Å². The van der Waals surface area contributed by atoms with Crippen LogP contribution in [0.2, 0.25) is 0 Å². The zero-order chi connectivity index (χ0) is 9.35. The maximum atomic E-state index is 5.99. The average molecular weight is 171 g/mol. The van der Waals surface area contributed by atoms with Gasteiger partial charge in [-0.2, -0.15) is 0 Å². The molecule has 0 aliphatic carbocycles. The first-order valence-corrected chi connectivity index (χ1v) is 4.85. The molecule has 1 fully saturated rings. The van der Waals surface area contributed by atoms with Gasteiger partial charge in [-0.3, -0.25) is 0 Å². The fourth-order valence-corrected chi connectivity index (χ4v) is 1.66. The normalized spacial score (nSPS) is 38.2. The molecule has 0 aromatic heterocycles. The summed E-state index contributed by atoms with van der Waals surface area (Å²) in [5, 5.41) is 0. The molecular weight excluding hydrogens is 150 g/mol. The van der Waals surface area contributed by atoms with Crippen LogP contribution < -0.4 is 5.73 Å². The van der Waals surface area contributed by atoms with Crippen LogP contribution in [0.15, 0.2) is 0 Å². The van der Waals surface area contributed by atoms with Gasteiger partial charge in [0.2, 0.25) is 0 Å². The SMILES string of the molecule is C[C@@H]1CCC(C(C)(C)N)O[C@@H]1C. The van der Waals surface area contributed by atoms with Crippen molar-refractivity contribution in [2.75, 3.05) is 0 Å². The van der Waals surface area contributed by atoms with Crippen LogP contribution in [0, 0.1) is 5.92 Å². The van der Waals surface area contributed by atoms with E-state index < -0.39 is 0 Å².